The van der Waals surface area contributed by atoms with Crippen molar-refractivity contribution in [3.8, 4) is 0 Å². The van der Waals surface area contributed by atoms with Crippen LogP contribution in [0.25, 0.3) is 0 Å². The lowest BCUT2D eigenvalue weighted by Gasteiger charge is -2.28. The average Bonchev–Trinajstić information content (AvgIpc) is 2.97. The van der Waals surface area contributed by atoms with E-state index < -0.39 is 0 Å². The van der Waals surface area contributed by atoms with Crippen LogP contribution in [-0.2, 0) is 9.59 Å². The minimum atomic E-state index is -0.235. The number of fused-ring (bicyclic) bond motifs is 1. The molecule has 1 aromatic heterocycles. The second-order valence-corrected chi connectivity index (χ2v) is 6.49. The van der Waals surface area contributed by atoms with Gasteiger partial charge in [-0.05, 0) is 38.1 Å². The van der Waals surface area contributed by atoms with Crippen LogP contribution in [0.3, 0.4) is 0 Å². The highest BCUT2D eigenvalue weighted by Gasteiger charge is 2.26. The SMILES string of the molecule is Cc1ccc(C(C)NC(=O)CN2C(=O)CSc3ccccc32)o1. The average molecular weight is 330 g/mol. The maximum atomic E-state index is 12.3. The summed E-state index contributed by atoms with van der Waals surface area (Å²) in [7, 11) is 0. The number of thioether (sulfide) groups is 1. The zero-order valence-corrected chi connectivity index (χ0v) is 13.9. The van der Waals surface area contributed by atoms with Crippen LogP contribution in [0, 0.1) is 6.92 Å². The van der Waals surface area contributed by atoms with Crippen molar-refractivity contribution in [3.05, 3.63) is 47.9 Å². The molecular formula is C17H18N2O3S. The Hall–Kier alpha value is -2.21. The fourth-order valence-electron chi connectivity index (χ4n) is 2.52. The van der Waals surface area contributed by atoms with E-state index in [-0.39, 0.29) is 24.4 Å². The molecule has 120 valence electrons. The quantitative estimate of drug-likeness (QED) is 0.936. The minimum Gasteiger partial charge on any atom is -0.464 e. The summed E-state index contributed by atoms with van der Waals surface area (Å²) in [6.45, 7) is 3.73. The van der Waals surface area contributed by atoms with Crippen molar-refractivity contribution in [2.24, 2.45) is 0 Å². The van der Waals surface area contributed by atoms with Crippen LogP contribution in [0.1, 0.15) is 24.5 Å². The first kappa shape index (κ1) is 15.7. The Morgan fingerprint density at radius 1 is 1.35 bits per heavy atom. The molecule has 5 nitrogen and oxygen atoms in total. The third-order valence-corrected chi connectivity index (χ3v) is 4.72. The van der Waals surface area contributed by atoms with E-state index in [4.69, 9.17) is 4.42 Å². The first-order valence-corrected chi connectivity index (χ1v) is 8.41. The van der Waals surface area contributed by atoms with Gasteiger partial charge in [0, 0.05) is 4.90 Å². The van der Waals surface area contributed by atoms with Crippen LogP contribution in [0.5, 0.6) is 0 Å². The Morgan fingerprint density at radius 2 is 2.13 bits per heavy atom. The third kappa shape index (κ3) is 3.42. The predicted molar refractivity (Wildman–Crippen MR) is 89.5 cm³/mol. The van der Waals surface area contributed by atoms with Crippen LogP contribution in [0.15, 0.2) is 45.7 Å². The fourth-order valence-corrected chi connectivity index (χ4v) is 3.45. The maximum absolute atomic E-state index is 12.3. The van der Waals surface area contributed by atoms with E-state index in [1.807, 2.05) is 50.2 Å². The summed E-state index contributed by atoms with van der Waals surface area (Å²) in [6, 6.07) is 11.1. The molecule has 1 aromatic carbocycles. The summed E-state index contributed by atoms with van der Waals surface area (Å²) >= 11 is 1.50. The number of anilines is 1. The van der Waals surface area contributed by atoms with Gasteiger partial charge in [0.05, 0.1) is 17.5 Å². The molecule has 1 N–H and O–H groups in total. The standard InChI is InChI=1S/C17H18N2O3S/c1-11-7-8-14(22-11)12(2)18-16(20)9-19-13-5-3-4-6-15(13)23-10-17(19)21/h3-8,12H,9-10H2,1-2H3,(H,18,20). The van der Waals surface area contributed by atoms with Crippen LogP contribution >= 0.6 is 11.8 Å². The molecule has 1 aliphatic rings. The van der Waals surface area contributed by atoms with Crippen molar-refractivity contribution in [2.75, 3.05) is 17.2 Å². The Morgan fingerprint density at radius 3 is 2.87 bits per heavy atom. The largest absolute Gasteiger partial charge is 0.464 e. The van der Waals surface area contributed by atoms with Crippen molar-refractivity contribution >= 4 is 29.3 Å². The number of amides is 2. The van der Waals surface area contributed by atoms with Gasteiger partial charge >= 0.3 is 0 Å². The molecule has 23 heavy (non-hydrogen) atoms. The normalized spacial score (nSPS) is 15.2. The van der Waals surface area contributed by atoms with Gasteiger partial charge < -0.3 is 14.6 Å². The molecule has 1 atom stereocenters. The van der Waals surface area contributed by atoms with Gasteiger partial charge in [-0.25, -0.2) is 0 Å². The molecule has 0 fully saturated rings. The molecule has 2 heterocycles. The van der Waals surface area contributed by atoms with E-state index in [1.165, 1.54) is 11.8 Å². The monoisotopic (exact) mass is 330 g/mol. The van der Waals surface area contributed by atoms with Crippen LogP contribution in [0.4, 0.5) is 5.69 Å². The van der Waals surface area contributed by atoms with Crippen LogP contribution < -0.4 is 10.2 Å². The summed E-state index contributed by atoms with van der Waals surface area (Å²) in [5.41, 5.74) is 0.797. The molecule has 0 bridgehead atoms. The highest BCUT2D eigenvalue weighted by Crippen LogP contribution is 2.34. The number of hydrogen-bond donors (Lipinski definition) is 1. The third-order valence-electron chi connectivity index (χ3n) is 3.68. The zero-order chi connectivity index (χ0) is 16.4. The summed E-state index contributed by atoms with van der Waals surface area (Å²) in [6.07, 6.45) is 0. The fraction of sp³-hybridized carbons (Fsp3) is 0.294. The number of nitrogens with one attached hydrogen (secondary N) is 1. The lowest BCUT2D eigenvalue weighted by molar-refractivity contribution is -0.123. The van der Waals surface area contributed by atoms with Gasteiger partial charge in [-0.3, -0.25) is 9.59 Å². The molecule has 1 aliphatic heterocycles. The number of nitrogens with zero attached hydrogens (tertiary/aromatic N) is 1. The van der Waals surface area contributed by atoms with E-state index in [9.17, 15) is 9.59 Å². The van der Waals surface area contributed by atoms with E-state index >= 15 is 0 Å². The maximum Gasteiger partial charge on any atom is 0.240 e. The molecule has 1 unspecified atom stereocenters. The first-order chi connectivity index (χ1) is 11.0. The summed E-state index contributed by atoms with van der Waals surface area (Å²) in [5.74, 6) is 1.61. The van der Waals surface area contributed by atoms with Crippen molar-refractivity contribution < 1.29 is 14.0 Å². The van der Waals surface area contributed by atoms with Crippen LogP contribution in [0.2, 0.25) is 0 Å². The highest BCUT2D eigenvalue weighted by molar-refractivity contribution is 8.00. The zero-order valence-electron chi connectivity index (χ0n) is 13.0. The molecule has 2 aromatic rings. The second kappa shape index (κ2) is 6.50. The van der Waals surface area contributed by atoms with E-state index in [0.29, 0.717) is 11.5 Å². The molecule has 6 heteroatoms. The van der Waals surface area contributed by atoms with Gasteiger partial charge in [-0.1, -0.05) is 12.1 Å². The minimum absolute atomic E-state index is 0.0143. The van der Waals surface area contributed by atoms with Gasteiger partial charge in [-0.15, -0.1) is 11.8 Å². The van der Waals surface area contributed by atoms with Crippen molar-refractivity contribution in [3.63, 3.8) is 0 Å². The number of rotatable bonds is 4. The first-order valence-electron chi connectivity index (χ1n) is 7.42. The molecule has 0 aliphatic carbocycles. The lowest BCUT2D eigenvalue weighted by atomic mass is 10.2. The molecule has 2 amide bonds. The molecular weight excluding hydrogens is 312 g/mol. The molecule has 0 saturated carbocycles. The Kier molecular flexibility index (Phi) is 4.43. The molecule has 0 radical (unpaired) electrons. The van der Waals surface area contributed by atoms with Crippen molar-refractivity contribution in [2.45, 2.75) is 24.8 Å². The number of carbonyl (C=O) groups is 2. The van der Waals surface area contributed by atoms with E-state index in [2.05, 4.69) is 5.32 Å². The molecule has 3 rings (SSSR count). The van der Waals surface area contributed by atoms with E-state index in [0.717, 1.165) is 16.3 Å². The summed E-state index contributed by atoms with van der Waals surface area (Å²) in [4.78, 5) is 27.0. The Labute approximate surface area is 139 Å². The number of para-hydroxylation sites is 1. The number of carbonyl (C=O) groups excluding carboxylic acids is 2. The molecule has 0 spiro atoms. The number of aryl methyl sites for hydroxylation is 1. The number of furan rings is 1. The Balaban J connectivity index is 1.69. The smallest absolute Gasteiger partial charge is 0.240 e. The second-order valence-electron chi connectivity index (χ2n) is 5.47. The summed E-state index contributed by atoms with van der Waals surface area (Å²) in [5, 5.41) is 2.87. The lowest BCUT2D eigenvalue weighted by Crippen LogP contribution is -2.43. The highest BCUT2D eigenvalue weighted by atomic mass is 32.2. The van der Waals surface area contributed by atoms with Gasteiger partial charge in [0.15, 0.2) is 0 Å². The van der Waals surface area contributed by atoms with Crippen molar-refractivity contribution in [1.29, 1.82) is 0 Å². The van der Waals surface area contributed by atoms with Gasteiger partial charge in [0.1, 0.15) is 18.1 Å². The van der Waals surface area contributed by atoms with Gasteiger partial charge in [0.25, 0.3) is 0 Å². The number of hydrogen-bond acceptors (Lipinski definition) is 4. The van der Waals surface area contributed by atoms with Gasteiger partial charge in [-0.2, -0.15) is 0 Å². The van der Waals surface area contributed by atoms with Gasteiger partial charge in [0.2, 0.25) is 11.8 Å². The summed E-state index contributed by atoms with van der Waals surface area (Å²) < 4.78 is 5.51. The predicted octanol–water partition coefficient (Wildman–Crippen LogP) is 2.90. The number of benzene rings is 1. The topological polar surface area (TPSA) is 62.6 Å². The molecule has 0 saturated heterocycles. The van der Waals surface area contributed by atoms with Crippen molar-refractivity contribution in [1.82, 2.24) is 5.32 Å². The Bertz CT molecular complexity index is 741. The van der Waals surface area contributed by atoms with E-state index in [1.54, 1.807) is 4.90 Å². The van der Waals surface area contributed by atoms with Crippen LogP contribution in [-0.4, -0.2) is 24.1 Å².